The van der Waals surface area contributed by atoms with Crippen molar-refractivity contribution in [3.05, 3.63) is 136 Å². The minimum Gasteiger partial charge on any atom is -0.381 e. The molecule has 0 radical (unpaired) electrons. The lowest BCUT2D eigenvalue weighted by Gasteiger charge is -2.36. The average Bonchev–Trinajstić information content (AvgIpc) is 2.94. The monoisotopic (exact) mass is 579 g/mol. The number of H-pyrrole nitrogens is 1. The van der Waals surface area contributed by atoms with Gasteiger partial charge in [0.05, 0.1) is 6.54 Å². The van der Waals surface area contributed by atoms with Gasteiger partial charge in [-0.25, -0.2) is 14.0 Å². The van der Waals surface area contributed by atoms with E-state index < -0.39 is 41.0 Å². The fraction of sp³-hybridized carbons (Fsp3) is 0.133. The van der Waals surface area contributed by atoms with Crippen molar-refractivity contribution in [2.24, 2.45) is 0 Å². The van der Waals surface area contributed by atoms with Crippen LogP contribution in [0.25, 0.3) is 0 Å². The number of halogens is 5. The minimum absolute atomic E-state index is 0.353. The third-order valence-corrected chi connectivity index (χ3v) is 6.66. The van der Waals surface area contributed by atoms with Gasteiger partial charge in [-0.15, -0.1) is 5.10 Å². The summed E-state index contributed by atoms with van der Waals surface area (Å²) in [5, 5.41) is 21.1. The number of aromatic amines is 1. The minimum atomic E-state index is -4.08. The lowest BCUT2D eigenvalue weighted by atomic mass is 9.84. The van der Waals surface area contributed by atoms with Crippen molar-refractivity contribution in [1.29, 1.82) is 0 Å². The number of hydrogen-bond donors (Lipinski definition) is 3. The molecule has 5 rings (SSSR count). The number of nitrogens with one attached hydrogen (secondary N) is 2. The molecule has 0 aliphatic heterocycles. The first-order chi connectivity index (χ1) is 19.6. The van der Waals surface area contributed by atoms with E-state index in [1.54, 1.807) is 12.1 Å². The highest BCUT2D eigenvalue weighted by atomic mass is 35.5. The SMILES string of the molecule is OC(Cn1cn[nH]1)(c1ccc(F)cc1F)C(F)(F)c1ccc(C#Cc2ccc(CNc3ccc(Cl)cc3)cc2)cn1. The van der Waals surface area contributed by atoms with Crippen molar-refractivity contribution < 1.29 is 22.7 Å². The Balaban J connectivity index is 1.31. The van der Waals surface area contributed by atoms with Gasteiger partial charge in [-0.2, -0.15) is 8.78 Å². The molecule has 6 nitrogen and oxygen atoms in total. The van der Waals surface area contributed by atoms with Gasteiger partial charge in [-0.1, -0.05) is 35.6 Å². The number of pyridine rings is 1. The summed E-state index contributed by atoms with van der Waals surface area (Å²) in [6.07, 6.45) is 2.29. The van der Waals surface area contributed by atoms with Crippen LogP contribution in [0.2, 0.25) is 5.02 Å². The number of aromatic nitrogens is 4. The number of nitrogens with zero attached hydrogens (tertiary/aromatic N) is 3. The van der Waals surface area contributed by atoms with Gasteiger partial charge in [-0.3, -0.25) is 9.67 Å². The first-order valence-corrected chi connectivity index (χ1v) is 12.7. The summed E-state index contributed by atoms with van der Waals surface area (Å²) in [5.41, 5.74) is -1.69. The molecule has 0 bridgehead atoms. The molecule has 2 aromatic heterocycles. The molecule has 0 saturated carbocycles. The van der Waals surface area contributed by atoms with E-state index in [4.69, 9.17) is 11.6 Å². The number of benzene rings is 3. The lowest BCUT2D eigenvalue weighted by Crippen LogP contribution is -2.48. The Labute approximate surface area is 237 Å². The molecule has 0 amide bonds. The molecule has 0 saturated heterocycles. The molecular weight excluding hydrogens is 558 g/mol. The summed E-state index contributed by atoms with van der Waals surface area (Å²) in [6.45, 7) is -0.190. The second-order valence-corrected chi connectivity index (χ2v) is 9.71. The fourth-order valence-corrected chi connectivity index (χ4v) is 4.25. The first-order valence-electron chi connectivity index (χ1n) is 12.3. The molecule has 2 heterocycles. The zero-order valence-electron chi connectivity index (χ0n) is 21.3. The van der Waals surface area contributed by atoms with Gasteiger partial charge in [0.1, 0.15) is 23.7 Å². The van der Waals surface area contributed by atoms with E-state index in [2.05, 4.69) is 32.5 Å². The largest absolute Gasteiger partial charge is 0.381 e. The average molecular weight is 580 g/mol. The van der Waals surface area contributed by atoms with Gasteiger partial charge in [0.25, 0.3) is 0 Å². The highest BCUT2D eigenvalue weighted by Gasteiger charge is 2.57. The van der Waals surface area contributed by atoms with E-state index in [0.29, 0.717) is 28.8 Å². The van der Waals surface area contributed by atoms with Gasteiger partial charge in [-0.05, 0) is 66.2 Å². The van der Waals surface area contributed by atoms with Crippen LogP contribution in [-0.2, 0) is 24.6 Å². The van der Waals surface area contributed by atoms with Crippen molar-refractivity contribution >= 4 is 17.3 Å². The molecule has 1 unspecified atom stereocenters. The number of anilines is 1. The molecule has 0 spiro atoms. The molecule has 1 atom stereocenters. The second-order valence-electron chi connectivity index (χ2n) is 9.27. The number of alkyl halides is 2. The van der Waals surface area contributed by atoms with E-state index in [1.165, 1.54) is 6.07 Å². The zero-order chi connectivity index (χ0) is 29.0. The molecule has 208 valence electrons. The van der Waals surface area contributed by atoms with Gasteiger partial charge in [0.2, 0.25) is 0 Å². The molecule has 5 aromatic rings. The summed E-state index contributed by atoms with van der Waals surface area (Å²) >= 11 is 5.90. The molecule has 3 N–H and O–H groups in total. The van der Waals surface area contributed by atoms with Crippen LogP contribution in [0.4, 0.5) is 23.2 Å². The molecule has 11 heteroatoms. The van der Waals surface area contributed by atoms with E-state index in [1.807, 2.05) is 36.4 Å². The van der Waals surface area contributed by atoms with Gasteiger partial charge in [0.15, 0.2) is 5.60 Å². The Morgan fingerprint density at radius 1 is 0.927 bits per heavy atom. The smallest absolute Gasteiger partial charge is 0.323 e. The van der Waals surface area contributed by atoms with E-state index >= 15 is 8.78 Å². The molecule has 0 aliphatic carbocycles. The molecular formula is C30H22ClF4N5O. The summed E-state index contributed by atoms with van der Waals surface area (Å²) < 4.78 is 60.7. The fourth-order valence-electron chi connectivity index (χ4n) is 4.13. The van der Waals surface area contributed by atoms with E-state index in [-0.39, 0.29) is 0 Å². The van der Waals surface area contributed by atoms with Crippen LogP contribution >= 0.6 is 11.6 Å². The third-order valence-electron chi connectivity index (χ3n) is 6.41. The first kappa shape index (κ1) is 28.0. The number of hydrogen-bond acceptors (Lipinski definition) is 4. The van der Waals surface area contributed by atoms with Crippen LogP contribution in [0.15, 0.2) is 91.4 Å². The summed E-state index contributed by atoms with van der Waals surface area (Å²) in [6, 6.07) is 19.3. The highest BCUT2D eigenvalue weighted by Crippen LogP contribution is 2.46. The maximum Gasteiger partial charge on any atom is 0.323 e. The predicted molar refractivity (Wildman–Crippen MR) is 146 cm³/mol. The van der Waals surface area contributed by atoms with Crippen molar-refractivity contribution in [1.82, 2.24) is 20.0 Å². The standard InChI is InChI=1S/C30H22ClF4N5O/c31-23-8-11-25(12-9-23)36-16-21-4-1-20(2-5-21)3-6-22-7-14-28(37-17-22)30(34,35)29(41,18-40-19-38-39-40)26-13-10-24(32)15-27(26)33/h1-2,4-5,7-15,17,19,36,39,41H,16,18H2. The van der Waals surface area contributed by atoms with Crippen molar-refractivity contribution in [3.63, 3.8) is 0 Å². The quantitative estimate of drug-likeness (QED) is 0.150. The van der Waals surface area contributed by atoms with Crippen LogP contribution in [0.3, 0.4) is 0 Å². The highest BCUT2D eigenvalue weighted by molar-refractivity contribution is 6.30. The number of aliphatic hydroxyl groups is 1. The normalized spacial score (nSPS) is 12.8. The van der Waals surface area contributed by atoms with Gasteiger partial charge >= 0.3 is 5.92 Å². The van der Waals surface area contributed by atoms with Crippen molar-refractivity contribution in [2.75, 3.05) is 5.32 Å². The van der Waals surface area contributed by atoms with Crippen LogP contribution in [0.1, 0.15) is 27.9 Å². The molecule has 41 heavy (non-hydrogen) atoms. The maximum absolute atomic E-state index is 15.8. The Hall–Kier alpha value is -4.59. The molecule has 0 aliphatic rings. The predicted octanol–water partition coefficient (Wildman–Crippen LogP) is 6.23. The Morgan fingerprint density at radius 3 is 2.22 bits per heavy atom. The van der Waals surface area contributed by atoms with Crippen LogP contribution in [-0.4, -0.2) is 25.1 Å². The van der Waals surface area contributed by atoms with Crippen LogP contribution in [0.5, 0.6) is 0 Å². The van der Waals surface area contributed by atoms with Crippen LogP contribution < -0.4 is 5.32 Å². The van der Waals surface area contributed by atoms with Crippen molar-refractivity contribution in [3.8, 4) is 11.8 Å². The lowest BCUT2D eigenvalue weighted by molar-refractivity contribution is -0.208. The van der Waals surface area contributed by atoms with E-state index in [9.17, 15) is 13.9 Å². The van der Waals surface area contributed by atoms with Crippen molar-refractivity contribution in [2.45, 2.75) is 24.6 Å². The summed E-state index contributed by atoms with van der Waals surface area (Å²) in [7, 11) is 0. The number of rotatable bonds is 8. The van der Waals surface area contributed by atoms with Gasteiger partial charge < -0.3 is 10.4 Å². The second kappa shape index (κ2) is 11.5. The van der Waals surface area contributed by atoms with E-state index in [0.717, 1.165) is 46.7 Å². The Bertz CT molecular complexity index is 1680. The Kier molecular flexibility index (Phi) is 7.83. The molecule has 3 aromatic carbocycles. The third kappa shape index (κ3) is 6.11. The maximum atomic E-state index is 15.8. The molecule has 0 fully saturated rings. The van der Waals surface area contributed by atoms with Gasteiger partial charge in [0, 0.05) is 46.2 Å². The summed E-state index contributed by atoms with van der Waals surface area (Å²) in [5.74, 6) is -0.539. The topological polar surface area (TPSA) is 78.8 Å². The summed E-state index contributed by atoms with van der Waals surface area (Å²) in [4.78, 5) is 3.83. The Morgan fingerprint density at radius 2 is 1.61 bits per heavy atom. The van der Waals surface area contributed by atoms with Crippen LogP contribution in [0, 0.1) is 23.5 Å². The zero-order valence-corrected chi connectivity index (χ0v) is 22.0.